The molecule has 0 amide bonds. The molecule has 9 heavy (non-hydrogen) atoms. The van der Waals surface area contributed by atoms with Crippen molar-refractivity contribution >= 4 is 25.2 Å². The summed E-state index contributed by atoms with van der Waals surface area (Å²) in [6, 6.07) is 0. The van der Waals surface area contributed by atoms with Crippen LogP contribution in [0.5, 0.6) is 0 Å². The van der Waals surface area contributed by atoms with E-state index in [1.807, 2.05) is 30.7 Å². The second-order valence-corrected chi connectivity index (χ2v) is 0.962. The van der Waals surface area contributed by atoms with Gasteiger partial charge >= 0.3 is 31.1 Å². The van der Waals surface area contributed by atoms with E-state index in [0.717, 1.165) is 0 Å². The topological polar surface area (TPSA) is 0 Å². The molecule has 0 saturated heterocycles. The average molecular weight is 348 g/mol. The summed E-state index contributed by atoms with van der Waals surface area (Å²) in [6.07, 6.45) is 10.0. The Hall–Kier alpha value is 0.727. The van der Waals surface area contributed by atoms with Crippen LogP contribution in [0.2, 0.25) is 0 Å². The molecular formula is C5H17B3U. The Labute approximate surface area is 86.7 Å². The Bertz CT molecular complexity index is 70.3. The van der Waals surface area contributed by atoms with E-state index < -0.39 is 0 Å². The first-order valence-corrected chi connectivity index (χ1v) is 1.67. The molecule has 1 aliphatic rings. The Morgan fingerprint density at radius 2 is 0.889 bits per heavy atom. The van der Waals surface area contributed by atoms with Gasteiger partial charge in [0.2, 0.25) is 0 Å². The van der Waals surface area contributed by atoms with Crippen molar-refractivity contribution in [3.05, 3.63) is 30.7 Å². The molecule has 0 aromatic heterocycles. The molecule has 0 spiro atoms. The molecular weight excluding hydrogens is 331 g/mol. The normalized spacial score (nSPS) is 9.78. The summed E-state index contributed by atoms with van der Waals surface area (Å²) in [5.74, 6) is 0. The summed E-state index contributed by atoms with van der Waals surface area (Å²) in [6.45, 7) is 0. The summed E-state index contributed by atoms with van der Waals surface area (Å²) in [5.41, 5.74) is 0. The van der Waals surface area contributed by atoms with Crippen LogP contribution in [0.15, 0.2) is 24.3 Å². The molecule has 0 saturated carbocycles. The zero-order valence-corrected chi connectivity index (χ0v) is 7.55. The van der Waals surface area contributed by atoms with E-state index in [9.17, 15) is 0 Å². The van der Waals surface area contributed by atoms with Gasteiger partial charge in [0.15, 0.2) is 0 Å². The van der Waals surface area contributed by atoms with Gasteiger partial charge < -0.3 is 0 Å². The molecule has 0 N–H and O–H groups in total. The van der Waals surface area contributed by atoms with Gasteiger partial charge in [-0.3, -0.25) is 0 Å². The number of hydrogen-bond donors (Lipinski definition) is 0. The second kappa shape index (κ2) is 15.9. The van der Waals surface area contributed by atoms with Crippen LogP contribution < -0.4 is 0 Å². The van der Waals surface area contributed by atoms with E-state index >= 15 is 0 Å². The van der Waals surface area contributed by atoms with Gasteiger partial charge in [-0.25, -0.2) is 0 Å². The van der Waals surface area contributed by atoms with Crippen LogP contribution >= 0.6 is 0 Å². The van der Waals surface area contributed by atoms with Gasteiger partial charge in [0, 0.05) is 6.42 Å². The fourth-order valence-electron chi connectivity index (χ4n) is 0.321. The van der Waals surface area contributed by atoms with Crippen LogP contribution in [-0.4, -0.2) is 25.2 Å². The van der Waals surface area contributed by atoms with Crippen LogP contribution in [0.1, 0.15) is 0 Å². The third-order valence-corrected chi connectivity index (χ3v) is 0.556. The van der Waals surface area contributed by atoms with Gasteiger partial charge in [0.1, 0.15) is 0 Å². The Morgan fingerprint density at radius 3 is 1.00 bits per heavy atom. The van der Waals surface area contributed by atoms with Crippen molar-refractivity contribution in [3.63, 3.8) is 0 Å². The first-order valence-electron chi connectivity index (χ1n) is 1.67. The monoisotopic (exact) mass is 348 g/mol. The maximum Gasteiger partial charge on any atom is 3.00 e. The Morgan fingerprint density at radius 1 is 0.556 bits per heavy atom. The minimum absolute atomic E-state index is 0. The first kappa shape index (κ1) is 22.6. The van der Waals surface area contributed by atoms with E-state index in [1.54, 1.807) is 0 Å². The average Bonchev–Trinajstić information content (AvgIpc) is 1.76. The first-order chi connectivity index (χ1) is 2.50. The van der Waals surface area contributed by atoms with Crippen molar-refractivity contribution in [1.29, 1.82) is 0 Å². The summed E-state index contributed by atoms with van der Waals surface area (Å²) in [7, 11) is 0. The van der Waals surface area contributed by atoms with E-state index in [4.69, 9.17) is 0 Å². The molecule has 0 aliphatic heterocycles. The molecule has 0 heterocycles. The van der Waals surface area contributed by atoms with Gasteiger partial charge in [0.05, 0.1) is 0 Å². The summed E-state index contributed by atoms with van der Waals surface area (Å²) in [5, 5.41) is 0. The molecule has 50 valence electrons. The van der Waals surface area contributed by atoms with Gasteiger partial charge in [0.25, 0.3) is 0 Å². The maximum absolute atomic E-state index is 2.00. The zero-order chi connectivity index (χ0) is 3.54. The fraction of sp³-hybridized carbons (Fsp3) is 0. The molecule has 0 bridgehead atoms. The third-order valence-electron chi connectivity index (χ3n) is 0.556. The van der Waals surface area contributed by atoms with E-state index in [-0.39, 0.29) is 56.4 Å². The minimum atomic E-state index is 0. The predicted molar refractivity (Wildman–Crippen MR) is 56.6 cm³/mol. The van der Waals surface area contributed by atoms with Crippen molar-refractivity contribution in [3.8, 4) is 0 Å². The molecule has 0 unspecified atom stereocenters. The van der Waals surface area contributed by atoms with Crippen LogP contribution in [0.3, 0.4) is 0 Å². The minimum Gasteiger partial charge on any atom is -0.0767 e. The number of rotatable bonds is 0. The summed E-state index contributed by atoms with van der Waals surface area (Å²) >= 11 is 0. The van der Waals surface area contributed by atoms with E-state index in [2.05, 4.69) is 0 Å². The molecule has 0 aromatic carbocycles. The molecule has 0 aromatic rings. The molecule has 1 rings (SSSR count). The van der Waals surface area contributed by atoms with Crippen LogP contribution in [0, 0.1) is 37.5 Å². The fourth-order valence-corrected chi connectivity index (χ4v) is 0.321. The third kappa shape index (κ3) is 12.0. The number of hydrogen-bond acceptors (Lipinski definition) is 0. The number of allylic oxidation sites excluding steroid dienone is 4. The van der Waals surface area contributed by atoms with Crippen LogP contribution in [0.4, 0.5) is 0 Å². The predicted octanol–water partition coefficient (Wildman–Crippen LogP) is -3.04. The van der Waals surface area contributed by atoms with Gasteiger partial charge in [-0.05, 0) is 0 Å². The standard InChI is InChI=1S/C5H5.3BH4.U/c1-2-4-5-3-1;;;;/h1-5H;3*1H4;/q;3*-1;+3. The van der Waals surface area contributed by atoms with Crippen molar-refractivity contribution in [2.75, 3.05) is 0 Å². The van der Waals surface area contributed by atoms with Gasteiger partial charge in [-0.15, -0.1) is 0 Å². The summed E-state index contributed by atoms with van der Waals surface area (Å²) in [4.78, 5) is 0. The molecule has 0 nitrogen and oxygen atoms in total. The molecule has 1 aliphatic carbocycles. The largest absolute Gasteiger partial charge is 3.00 e. The Kier molecular flexibility index (Phi) is 39.9. The zero-order valence-electron chi connectivity index (χ0n) is 3.39. The van der Waals surface area contributed by atoms with Crippen molar-refractivity contribution < 1.29 is 31.1 Å². The molecule has 2 radical (unpaired) electrons. The summed E-state index contributed by atoms with van der Waals surface area (Å²) < 4.78 is 0. The second-order valence-electron chi connectivity index (χ2n) is 0.962. The smallest absolute Gasteiger partial charge is 0.0767 e. The van der Waals surface area contributed by atoms with Crippen molar-refractivity contribution in [2.45, 2.75) is 0 Å². The van der Waals surface area contributed by atoms with Gasteiger partial charge in [-0.2, -0.15) is 0 Å². The van der Waals surface area contributed by atoms with Crippen LogP contribution in [0.25, 0.3) is 0 Å². The van der Waals surface area contributed by atoms with Crippen molar-refractivity contribution in [2.24, 2.45) is 0 Å². The van der Waals surface area contributed by atoms with E-state index in [0.29, 0.717) is 0 Å². The van der Waals surface area contributed by atoms with E-state index in [1.165, 1.54) is 0 Å². The maximum atomic E-state index is 2.00. The Balaban J connectivity index is -0.0000000312. The molecule has 0 atom stereocenters. The van der Waals surface area contributed by atoms with Crippen LogP contribution in [-0.2, 0) is 0 Å². The quantitative estimate of drug-likeness (QED) is 0.409. The molecule has 0 fully saturated rings. The van der Waals surface area contributed by atoms with Crippen molar-refractivity contribution in [1.82, 2.24) is 0 Å². The molecule has 4 heteroatoms. The van der Waals surface area contributed by atoms with Gasteiger partial charge in [-0.1, -0.05) is 49.5 Å². The SMILES string of the molecule is [BH4-].[BH4-].[BH4-].[CH]1C=CC=C1.[U+3].